The van der Waals surface area contributed by atoms with Crippen LogP contribution in [0, 0.1) is 0 Å². The second-order valence-corrected chi connectivity index (χ2v) is 7.01. The molecule has 0 radical (unpaired) electrons. The molecule has 0 bridgehead atoms. The molecule has 3 amide bonds. The number of anilines is 1. The van der Waals surface area contributed by atoms with Gasteiger partial charge in [-0.05, 0) is 47.5 Å². The van der Waals surface area contributed by atoms with Gasteiger partial charge in [-0.2, -0.15) is 5.10 Å². The van der Waals surface area contributed by atoms with Crippen molar-refractivity contribution in [3.8, 4) is 11.5 Å². The van der Waals surface area contributed by atoms with Crippen molar-refractivity contribution in [2.24, 2.45) is 5.10 Å². The summed E-state index contributed by atoms with van der Waals surface area (Å²) < 4.78 is 10.6. The maximum Gasteiger partial charge on any atom is 0.329 e. The van der Waals surface area contributed by atoms with Gasteiger partial charge in [-0.1, -0.05) is 42.5 Å². The number of benzene rings is 3. The monoisotopic (exact) mass is 460 g/mol. The predicted molar refractivity (Wildman–Crippen MR) is 128 cm³/mol. The number of amides is 3. The Kier molecular flexibility index (Phi) is 8.75. The third-order valence-electron chi connectivity index (χ3n) is 4.48. The van der Waals surface area contributed by atoms with E-state index in [0.29, 0.717) is 22.7 Å². The van der Waals surface area contributed by atoms with Gasteiger partial charge in [-0.15, -0.1) is 0 Å². The molecule has 34 heavy (non-hydrogen) atoms. The van der Waals surface area contributed by atoms with E-state index in [2.05, 4.69) is 21.2 Å². The van der Waals surface area contributed by atoms with Crippen LogP contribution in [0.15, 0.2) is 84.0 Å². The molecule has 0 spiro atoms. The van der Waals surface area contributed by atoms with Crippen LogP contribution < -0.4 is 25.5 Å². The van der Waals surface area contributed by atoms with E-state index < -0.39 is 11.8 Å². The zero-order chi connectivity index (χ0) is 24.2. The summed E-state index contributed by atoms with van der Waals surface area (Å²) in [6.07, 6.45) is 1.37. The second kappa shape index (κ2) is 12.4. The van der Waals surface area contributed by atoms with E-state index in [-0.39, 0.29) is 19.1 Å². The molecule has 0 aliphatic carbocycles. The zero-order valence-corrected chi connectivity index (χ0v) is 18.5. The van der Waals surface area contributed by atoms with Gasteiger partial charge >= 0.3 is 11.8 Å². The molecular formula is C25H24N4O5. The fraction of sp³-hybridized carbons (Fsp3) is 0.120. The van der Waals surface area contributed by atoms with Gasteiger partial charge in [0, 0.05) is 12.2 Å². The molecule has 3 N–H and O–H groups in total. The first-order valence-corrected chi connectivity index (χ1v) is 10.4. The quantitative estimate of drug-likeness (QED) is 0.258. The SMILES string of the molecule is COc1ccc(CNC(=O)C(=O)N/N=C\c2cccc(OCC(=O)Nc3ccccc3)c2)cc1. The molecule has 0 atom stereocenters. The van der Waals surface area contributed by atoms with Crippen LogP contribution >= 0.6 is 0 Å². The first kappa shape index (κ1) is 24.0. The highest BCUT2D eigenvalue weighted by atomic mass is 16.5. The molecule has 9 nitrogen and oxygen atoms in total. The number of hydrazone groups is 1. The molecule has 0 aromatic heterocycles. The maximum absolute atomic E-state index is 12.0. The van der Waals surface area contributed by atoms with Gasteiger partial charge in [-0.3, -0.25) is 14.4 Å². The average molecular weight is 460 g/mol. The number of ether oxygens (including phenoxy) is 2. The minimum Gasteiger partial charge on any atom is -0.497 e. The lowest BCUT2D eigenvalue weighted by Crippen LogP contribution is -2.37. The largest absolute Gasteiger partial charge is 0.497 e. The molecule has 0 saturated carbocycles. The van der Waals surface area contributed by atoms with E-state index in [1.807, 2.05) is 18.2 Å². The Morgan fingerprint density at radius 2 is 1.65 bits per heavy atom. The maximum atomic E-state index is 12.0. The van der Waals surface area contributed by atoms with Crippen LogP contribution in [0.3, 0.4) is 0 Å². The number of nitrogens with one attached hydrogen (secondary N) is 3. The molecule has 3 aromatic rings. The van der Waals surface area contributed by atoms with E-state index in [9.17, 15) is 14.4 Å². The highest BCUT2D eigenvalue weighted by Gasteiger charge is 2.12. The molecule has 9 heteroatoms. The van der Waals surface area contributed by atoms with Gasteiger partial charge in [0.1, 0.15) is 11.5 Å². The molecule has 0 unspecified atom stereocenters. The fourth-order valence-electron chi connectivity index (χ4n) is 2.77. The summed E-state index contributed by atoms with van der Waals surface area (Å²) in [5.74, 6) is -0.842. The van der Waals surface area contributed by atoms with Gasteiger partial charge in [-0.25, -0.2) is 5.43 Å². The van der Waals surface area contributed by atoms with Gasteiger partial charge < -0.3 is 20.1 Å². The first-order valence-electron chi connectivity index (χ1n) is 10.4. The van der Waals surface area contributed by atoms with Crippen molar-refractivity contribution in [1.82, 2.24) is 10.7 Å². The van der Waals surface area contributed by atoms with Crippen molar-refractivity contribution in [2.75, 3.05) is 19.0 Å². The summed E-state index contributed by atoms with van der Waals surface area (Å²) in [6.45, 7) is 0.0256. The van der Waals surface area contributed by atoms with Crippen molar-refractivity contribution in [3.63, 3.8) is 0 Å². The average Bonchev–Trinajstić information content (AvgIpc) is 2.87. The van der Waals surface area contributed by atoms with Gasteiger partial charge in [0.2, 0.25) is 0 Å². The molecule has 0 fully saturated rings. The zero-order valence-electron chi connectivity index (χ0n) is 18.5. The van der Waals surface area contributed by atoms with Gasteiger partial charge in [0.15, 0.2) is 6.61 Å². The van der Waals surface area contributed by atoms with Gasteiger partial charge in [0.05, 0.1) is 13.3 Å². The Hall–Kier alpha value is -4.66. The van der Waals surface area contributed by atoms with Crippen molar-refractivity contribution in [1.29, 1.82) is 0 Å². The molecule has 3 aromatic carbocycles. The van der Waals surface area contributed by atoms with Crippen molar-refractivity contribution >= 4 is 29.6 Å². The highest BCUT2D eigenvalue weighted by molar-refractivity contribution is 6.35. The Morgan fingerprint density at radius 3 is 2.38 bits per heavy atom. The lowest BCUT2D eigenvalue weighted by atomic mass is 10.2. The van der Waals surface area contributed by atoms with E-state index in [1.54, 1.807) is 67.8 Å². The molecule has 0 saturated heterocycles. The van der Waals surface area contributed by atoms with Crippen LogP contribution in [0.5, 0.6) is 11.5 Å². The van der Waals surface area contributed by atoms with Crippen LogP contribution in [-0.2, 0) is 20.9 Å². The highest BCUT2D eigenvalue weighted by Crippen LogP contribution is 2.13. The first-order chi connectivity index (χ1) is 16.5. The van der Waals surface area contributed by atoms with Crippen molar-refractivity contribution < 1.29 is 23.9 Å². The fourth-order valence-corrected chi connectivity index (χ4v) is 2.77. The smallest absolute Gasteiger partial charge is 0.329 e. The Bertz CT molecular complexity index is 1150. The van der Waals surface area contributed by atoms with Crippen LogP contribution in [0.4, 0.5) is 5.69 Å². The predicted octanol–water partition coefficient (Wildman–Crippen LogP) is 2.48. The van der Waals surface area contributed by atoms with E-state index in [4.69, 9.17) is 9.47 Å². The summed E-state index contributed by atoms with van der Waals surface area (Å²) in [5, 5.41) is 9.04. The Balaban J connectivity index is 1.42. The normalized spacial score (nSPS) is 10.4. The summed E-state index contributed by atoms with van der Waals surface area (Å²) in [6, 6.07) is 23.0. The summed E-state index contributed by atoms with van der Waals surface area (Å²) >= 11 is 0. The topological polar surface area (TPSA) is 118 Å². The van der Waals surface area contributed by atoms with E-state index in [0.717, 1.165) is 5.56 Å². The third-order valence-corrected chi connectivity index (χ3v) is 4.48. The Labute approximate surface area is 196 Å². The minimum absolute atomic E-state index is 0.166. The van der Waals surface area contributed by atoms with Gasteiger partial charge in [0.25, 0.3) is 5.91 Å². The van der Waals surface area contributed by atoms with E-state index >= 15 is 0 Å². The summed E-state index contributed by atoms with van der Waals surface area (Å²) in [5.41, 5.74) is 4.29. The molecular weight excluding hydrogens is 436 g/mol. The Morgan fingerprint density at radius 1 is 0.882 bits per heavy atom. The number of nitrogens with zero attached hydrogens (tertiary/aromatic N) is 1. The standard InChI is InChI=1S/C25H24N4O5/c1-33-21-12-10-18(11-13-21)15-26-24(31)25(32)29-27-16-19-6-5-9-22(14-19)34-17-23(30)28-20-7-3-2-4-8-20/h2-14,16H,15,17H2,1H3,(H,26,31)(H,28,30)(H,29,32)/b27-16-. The molecule has 0 heterocycles. The molecule has 174 valence electrons. The van der Waals surface area contributed by atoms with Crippen LogP contribution in [0.1, 0.15) is 11.1 Å². The number of para-hydroxylation sites is 1. The number of hydrogen-bond acceptors (Lipinski definition) is 6. The number of methoxy groups -OCH3 is 1. The second-order valence-electron chi connectivity index (χ2n) is 7.01. The number of carbonyl (C=O) groups is 3. The molecule has 0 aliphatic rings. The molecule has 3 rings (SSSR count). The van der Waals surface area contributed by atoms with Crippen molar-refractivity contribution in [2.45, 2.75) is 6.54 Å². The molecule has 0 aliphatic heterocycles. The summed E-state index contributed by atoms with van der Waals surface area (Å²) in [4.78, 5) is 35.9. The third kappa shape index (κ3) is 7.79. The van der Waals surface area contributed by atoms with E-state index in [1.165, 1.54) is 6.21 Å². The lowest BCUT2D eigenvalue weighted by Gasteiger charge is -2.08. The number of carbonyl (C=O) groups excluding carboxylic acids is 3. The minimum atomic E-state index is -0.894. The summed E-state index contributed by atoms with van der Waals surface area (Å²) in [7, 11) is 1.57. The lowest BCUT2D eigenvalue weighted by molar-refractivity contribution is -0.139. The van der Waals surface area contributed by atoms with Crippen LogP contribution in [0.25, 0.3) is 0 Å². The van der Waals surface area contributed by atoms with Crippen molar-refractivity contribution in [3.05, 3.63) is 90.0 Å². The van der Waals surface area contributed by atoms with Crippen LogP contribution in [-0.4, -0.2) is 37.7 Å². The number of hydrogen-bond donors (Lipinski definition) is 3. The van der Waals surface area contributed by atoms with Crippen LogP contribution in [0.2, 0.25) is 0 Å². The number of rotatable bonds is 9.